The number of carbonyl (C=O) groups excluding carboxylic acids is 2. The summed E-state index contributed by atoms with van der Waals surface area (Å²) in [6.45, 7) is 4.59. The van der Waals surface area contributed by atoms with Crippen LogP contribution in [0.25, 0.3) is 0 Å². The molecule has 0 radical (unpaired) electrons. The molecule has 0 aliphatic heterocycles. The van der Waals surface area contributed by atoms with Crippen molar-refractivity contribution in [3.63, 3.8) is 0 Å². The Hall–Kier alpha value is -2.97. The smallest absolute Gasteiger partial charge is 0.362 e. The van der Waals surface area contributed by atoms with E-state index in [-0.39, 0.29) is 36.2 Å². The van der Waals surface area contributed by atoms with Gasteiger partial charge in [-0.15, -0.1) is 0 Å². The Morgan fingerprint density at radius 2 is 0.982 bits per heavy atom. The highest BCUT2D eigenvalue weighted by atomic mass is 16.6. The van der Waals surface area contributed by atoms with Crippen LogP contribution >= 0.6 is 0 Å². The van der Waals surface area contributed by atoms with Crippen molar-refractivity contribution in [2.24, 2.45) is 0 Å². The summed E-state index contributed by atoms with van der Waals surface area (Å²) in [5.41, 5.74) is 0. The van der Waals surface area contributed by atoms with E-state index in [1.165, 1.54) is 70.6 Å². The number of hydrogen-bond acceptors (Lipinski definition) is 6. The second-order valence-electron chi connectivity index (χ2n) is 16.3. The Bertz CT molecular complexity index is 1120. The largest absolute Gasteiger partial charge is 0.477 e. The van der Waals surface area contributed by atoms with Gasteiger partial charge in [-0.2, -0.15) is 0 Å². The Morgan fingerprint density at radius 1 is 0.544 bits per heavy atom. The molecule has 57 heavy (non-hydrogen) atoms. The number of carbonyl (C=O) groups is 3. The lowest BCUT2D eigenvalue weighted by molar-refractivity contribution is -0.887. The normalized spacial score (nSPS) is 13.5. The molecule has 0 bridgehead atoms. The summed E-state index contributed by atoms with van der Waals surface area (Å²) in [6.07, 6.45) is 48.3. The summed E-state index contributed by atoms with van der Waals surface area (Å²) >= 11 is 0. The molecule has 2 unspecified atom stereocenters. The van der Waals surface area contributed by atoms with Crippen molar-refractivity contribution >= 4 is 17.9 Å². The number of likely N-dealkylation sites (N-methyl/N-ethyl adjacent to an activating group) is 1. The van der Waals surface area contributed by atoms with Gasteiger partial charge in [0, 0.05) is 19.3 Å². The van der Waals surface area contributed by atoms with Gasteiger partial charge in [0.2, 0.25) is 0 Å². The second kappa shape index (κ2) is 39.8. The maximum Gasteiger partial charge on any atom is 0.362 e. The van der Waals surface area contributed by atoms with Gasteiger partial charge in [-0.25, -0.2) is 4.79 Å². The first-order valence-electron chi connectivity index (χ1n) is 22.8. The van der Waals surface area contributed by atoms with Crippen molar-refractivity contribution in [2.45, 2.75) is 193 Å². The number of esters is 2. The van der Waals surface area contributed by atoms with E-state index in [0.29, 0.717) is 19.3 Å². The van der Waals surface area contributed by atoms with E-state index in [1.54, 1.807) is 0 Å². The first-order chi connectivity index (χ1) is 27.6. The molecule has 0 aromatic heterocycles. The average Bonchev–Trinajstić information content (AvgIpc) is 3.17. The van der Waals surface area contributed by atoms with Gasteiger partial charge in [-0.05, 0) is 57.8 Å². The molecule has 0 aliphatic rings. The number of allylic oxidation sites excluding steroid dienone is 10. The Balaban J connectivity index is 4.38. The van der Waals surface area contributed by atoms with Crippen molar-refractivity contribution in [1.82, 2.24) is 0 Å². The fraction of sp³-hybridized carbons (Fsp3) is 0.735. The first kappa shape index (κ1) is 54.0. The number of quaternary nitrogens is 1. The molecular weight excluding hydrogens is 715 g/mol. The van der Waals surface area contributed by atoms with E-state index < -0.39 is 18.1 Å². The Morgan fingerprint density at radius 3 is 1.46 bits per heavy atom. The lowest BCUT2D eigenvalue weighted by Gasteiger charge is -2.31. The fourth-order valence-corrected chi connectivity index (χ4v) is 6.41. The molecule has 0 spiro atoms. The van der Waals surface area contributed by atoms with Crippen LogP contribution in [0.1, 0.15) is 181 Å². The van der Waals surface area contributed by atoms with Gasteiger partial charge in [0.15, 0.2) is 12.1 Å². The summed E-state index contributed by atoms with van der Waals surface area (Å²) in [7, 11) is 5.51. The van der Waals surface area contributed by atoms with E-state index >= 15 is 0 Å². The van der Waals surface area contributed by atoms with Gasteiger partial charge < -0.3 is 23.8 Å². The topological polar surface area (TPSA) is 99.1 Å². The summed E-state index contributed by atoms with van der Waals surface area (Å²) < 4.78 is 17.3. The van der Waals surface area contributed by atoms with Gasteiger partial charge >= 0.3 is 17.9 Å². The highest BCUT2D eigenvalue weighted by Crippen LogP contribution is 2.15. The summed E-state index contributed by atoms with van der Waals surface area (Å²) in [5.74, 6) is -1.51. The zero-order valence-corrected chi connectivity index (χ0v) is 37.3. The molecule has 0 saturated heterocycles. The number of carboxylic acid groups (broad SMARTS) is 1. The molecule has 8 nitrogen and oxygen atoms in total. The van der Waals surface area contributed by atoms with Crippen LogP contribution in [0.4, 0.5) is 0 Å². The van der Waals surface area contributed by atoms with Crippen LogP contribution in [0, 0.1) is 0 Å². The number of hydrogen-bond donors (Lipinski definition) is 1. The molecule has 2 atom stereocenters. The number of unbranched alkanes of at least 4 members (excludes halogenated alkanes) is 16. The van der Waals surface area contributed by atoms with Crippen molar-refractivity contribution < 1.29 is 38.2 Å². The third kappa shape index (κ3) is 38.3. The standard InChI is InChI=1S/C49H85NO7/c1-6-8-10-12-14-16-18-20-22-23-24-25-26-28-29-31-33-35-37-39-47(51)56-44-45(43-55-42-41-46(49(53)54)50(3,4)5)57-48(52)40-38-36-34-32-30-27-21-19-17-15-13-11-9-7-2/h8,10,14,16,20,22,24-25,28-29,45-46H,6-7,9,11-13,15,17-19,21,23,26-27,30-44H2,1-5H3/p+1/b10-8+,16-14+,22-20+,25-24+,29-28+. The van der Waals surface area contributed by atoms with Gasteiger partial charge in [-0.3, -0.25) is 9.59 Å². The van der Waals surface area contributed by atoms with Crippen LogP contribution < -0.4 is 0 Å². The number of carboxylic acids is 1. The molecule has 0 amide bonds. The molecule has 0 fully saturated rings. The second-order valence-corrected chi connectivity index (χ2v) is 16.3. The van der Waals surface area contributed by atoms with Gasteiger partial charge in [0.25, 0.3) is 0 Å². The molecule has 1 N–H and O–H groups in total. The number of aliphatic carboxylic acids is 1. The molecular formula is C49H86NO7+. The van der Waals surface area contributed by atoms with Crippen LogP contribution in [-0.4, -0.2) is 80.6 Å². The van der Waals surface area contributed by atoms with Crippen molar-refractivity contribution in [3.8, 4) is 0 Å². The fourth-order valence-electron chi connectivity index (χ4n) is 6.41. The molecule has 0 aliphatic carbocycles. The van der Waals surface area contributed by atoms with Crippen molar-refractivity contribution in [2.75, 3.05) is 41.0 Å². The number of rotatable bonds is 40. The third-order valence-corrected chi connectivity index (χ3v) is 9.93. The molecule has 0 rings (SSSR count). The van der Waals surface area contributed by atoms with Crippen LogP contribution in [0.2, 0.25) is 0 Å². The van der Waals surface area contributed by atoms with Gasteiger partial charge in [-0.1, -0.05) is 164 Å². The number of ether oxygens (including phenoxy) is 3. The monoisotopic (exact) mass is 801 g/mol. The molecule has 0 aromatic carbocycles. The first-order valence-corrected chi connectivity index (χ1v) is 22.8. The van der Waals surface area contributed by atoms with E-state index in [1.807, 2.05) is 21.1 Å². The molecule has 0 heterocycles. The van der Waals surface area contributed by atoms with E-state index in [9.17, 15) is 19.5 Å². The lowest BCUT2D eigenvalue weighted by atomic mass is 10.0. The maximum atomic E-state index is 12.7. The van der Waals surface area contributed by atoms with Gasteiger partial charge in [0.05, 0.1) is 34.4 Å². The third-order valence-electron chi connectivity index (χ3n) is 9.93. The molecule has 328 valence electrons. The highest BCUT2D eigenvalue weighted by molar-refractivity contribution is 5.72. The van der Waals surface area contributed by atoms with E-state index in [2.05, 4.69) is 74.6 Å². The lowest BCUT2D eigenvalue weighted by Crippen LogP contribution is -2.50. The predicted molar refractivity (Wildman–Crippen MR) is 238 cm³/mol. The van der Waals surface area contributed by atoms with Crippen molar-refractivity contribution in [3.05, 3.63) is 60.8 Å². The highest BCUT2D eigenvalue weighted by Gasteiger charge is 2.31. The molecule has 8 heteroatoms. The van der Waals surface area contributed by atoms with Crippen LogP contribution in [0.3, 0.4) is 0 Å². The summed E-state index contributed by atoms with van der Waals surface area (Å²) in [4.78, 5) is 37.0. The summed E-state index contributed by atoms with van der Waals surface area (Å²) in [5, 5.41) is 9.62. The molecule has 0 saturated carbocycles. The minimum atomic E-state index is -0.881. The van der Waals surface area contributed by atoms with Crippen molar-refractivity contribution in [1.29, 1.82) is 0 Å². The SMILES string of the molecule is CC/C=C/C/C=C/C/C=C/C/C=C/C/C=C/CCCCCC(=O)OCC(COCCC(C(=O)O)[N+](C)(C)C)OC(=O)CCCCCCCCCCCCCCCC. The zero-order chi connectivity index (χ0) is 42.1. The maximum absolute atomic E-state index is 12.7. The van der Waals surface area contributed by atoms with E-state index in [0.717, 1.165) is 77.0 Å². The predicted octanol–water partition coefficient (Wildman–Crippen LogP) is 12.6. The van der Waals surface area contributed by atoms with Crippen LogP contribution in [0.5, 0.6) is 0 Å². The average molecular weight is 801 g/mol. The van der Waals surface area contributed by atoms with E-state index in [4.69, 9.17) is 14.2 Å². The summed E-state index contributed by atoms with van der Waals surface area (Å²) in [6, 6.07) is -0.620. The van der Waals surface area contributed by atoms with Crippen LogP contribution in [0.15, 0.2) is 60.8 Å². The number of nitrogens with zero attached hydrogens (tertiary/aromatic N) is 1. The minimum absolute atomic E-state index is 0.0501. The Kier molecular flexibility index (Phi) is 37.8. The quantitative estimate of drug-likeness (QED) is 0.0285. The molecule has 0 aromatic rings. The Labute approximate surface area is 349 Å². The minimum Gasteiger partial charge on any atom is -0.477 e. The van der Waals surface area contributed by atoms with Gasteiger partial charge in [0.1, 0.15) is 6.61 Å². The zero-order valence-electron chi connectivity index (χ0n) is 37.3. The van der Waals surface area contributed by atoms with Crippen LogP contribution in [-0.2, 0) is 28.6 Å².